The van der Waals surface area contributed by atoms with Crippen molar-refractivity contribution < 1.29 is 13.2 Å². The number of rotatable bonds is 4. The summed E-state index contributed by atoms with van der Waals surface area (Å²) in [7, 11) is 1.63. The number of halogens is 3. The lowest BCUT2D eigenvalue weighted by Gasteiger charge is -2.17. The molecule has 0 bridgehead atoms. The number of nitrogens with one attached hydrogen (secondary N) is 1. The smallest absolute Gasteiger partial charge is 0.316 e. The third-order valence-corrected chi connectivity index (χ3v) is 3.20. The standard InChI is InChI=1S/C11H16F3N3/c1-7(8-3-4-8)17-10(11(12,13)14)9(5-15-2)6-16-17/h6-8,15H,3-5H2,1-2H3. The molecule has 0 aromatic carbocycles. The van der Waals surface area contributed by atoms with E-state index in [-0.39, 0.29) is 18.2 Å². The van der Waals surface area contributed by atoms with Crippen LogP contribution in [-0.4, -0.2) is 16.8 Å². The molecular formula is C11H16F3N3. The van der Waals surface area contributed by atoms with Gasteiger partial charge in [-0.2, -0.15) is 18.3 Å². The van der Waals surface area contributed by atoms with E-state index in [4.69, 9.17) is 0 Å². The summed E-state index contributed by atoms with van der Waals surface area (Å²) < 4.78 is 40.2. The first-order chi connectivity index (χ1) is 7.95. The van der Waals surface area contributed by atoms with Gasteiger partial charge in [0.2, 0.25) is 0 Å². The molecule has 1 saturated carbocycles. The number of hydrogen-bond acceptors (Lipinski definition) is 2. The van der Waals surface area contributed by atoms with Crippen molar-refractivity contribution in [3.63, 3.8) is 0 Å². The van der Waals surface area contributed by atoms with Crippen molar-refractivity contribution in [3.8, 4) is 0 Å². The average Bonchev–Trinajstić information content (AvgIpc) is 2.97. The van der Waals surface area contributed by atoms with Gasteiger partial charge in [-0.25, -0.2) is 0 Å². The Bertz CT molecular complexity index is 393. The molecule has 96 valence electrons. The fraction of sp³-hybridized carbons (Fsp3) is 0.727. The number of nitrogens with zero attached hydrogens (tertiary/aromatic N) is 2. The van der Waals surface area contributed by atoms with Crippen LogP contribution in [0.15, 0.2) is 6.20 Å². The minimum absolute atomic E-state index is 0.169. The van der Waals surface area contributed by atoms with Gasteiger partial charge in [0.15, 0.2) is 0 Å². The number of hydrogen-bond donors (Lipinski definition) is 1. The van der Waals surface area contributed by atoms with E-state index in [0.29, 0.717) is 5.92 Å². The van der Waals surface area contributed by atoms with E-state index in [1.54, 1.807) is 7.05 Å². The van der Waals surface area contributed by atoms with Crippen LogP contribution in [0.5, 0.6) is 0 Å². The van der Waals surface area contributed by atoms with E-state index in [2.05, 4.69) is 10.4 Å². The van der Waals surface area contributed by atoms with E-state index in [9.17, 15) is 13.2 Å². The zero-order valence-corrected chi connectivity index (χ0v) is 9.88. The van der Waals surface area contributed by atoms with Crippen molar-refractivity contribution in [2.24, 2.45) is 5.92 Å². The summed E-state index contributed by atoms with van der Waals surface area (Å²) >= 11 is 0. The Morgan fingerprint density at radius 3 is 2.65 bits per heavy atom. The third-order valence-electron chi connectivity index (χ3n) is 3.20. The molecule has 1 aliphatic rings. The summed E-state index contributed by atoms with van der Waals surface area (Å²) in [5.74, 6) is 0.346. The SMILES string of the molecule is CNCc1cnn(C(C)C2CC2)c1C(F)(F)F. The molecule has 0 amide bonds. The quantitative estimate of drug-likeness (QED) is 0.886. The van der Waals surface area contributed by atoms with Crippen LogP contribution in [0.4, 0.5) is 13.2 Å². The Balaban J connectivity index is 2.37. The van der Waals surface area contributed by atoms with Crippen LogP contribution in [0.1, 0.15) is 37.1 Å². The second-order valence-electron chi connectivity index (χ2n) is 4.57. The summed E-state index contributed by atoms with van der Waals surface area (Å²) in [5, 5.41) is 6.66. The molecule has 0 saturated heterocycles. The summed E-state index contributed by atoms with van der Waals surface area (Å²) in [5.41, 5.74) is -0.390. The van der Waals surface area contributed by atoms with E-state index in [1.165, 1.54) is 6.20 Å². The molecule has 1 unspecified atom stereocenters. The van der Waals surface area contributed by atoms with Crippen molar-refractivity contribution in [1.29, 1.82) is 0 Å². The van der Waals surface area contributed by atoms with Gasteiger partial charge in [-0.15, -0.1) is 0 Å². The van der Waals surface area contributed by atoms with Crippen LogP contribution in [-0.2, 0) is 12.7 Å². The van der Waals surface area contributed by atoms with E-state index >= 15 is 0 Å². The molecule has 17 heavy (non-hydrogen) atoms. The minimum atomic E-state index is -4.34. The first-order valence-electron chi connectivity index (χ1n) is 5.73. The van der Waals surface area contributed by atoms with E-state index < -0.39 is 11.9 Å². The van der Waals surface area contributed by atoms with Crippen molar-refractivity contribution in [2.45, 2.75) is 38.5 Å². The van der Waals surface area contributed by atoms with Crippen molar-refractivity contribution >= 4 is 0 Å². The Hall–Kier alpha value is -1.04. The summed E-state index contributed by atoms with van der Waals surface area (Å²) in [6, 6.07) is -0.169. The van der Waals surface area contributed by atoms with E-state index in [0.717, 1.165) is 17.5 Å². The number of aromatic nitrogens is 2. The van der Waals surface area contributed by atoms with Crippen LogP contribution < -0.4 is 5.32 Å². The molecule has 6 heteroatoms. The fourth-order valence-electron chi connectivity index (χ4n) is 2.12. The topological polar surface area (TPSA) is 29.9 Å². The Kier molecular flexibility index (Phi) is 3.16. The molecule has 2 rings (SSSR count). The molecule has 1 aromatic heterocycles. The Morgan fingerprint density at radius 2 is 2.18 bits per heavy atom. The maximum absolute atomic E-state index is 13.0. The summed E-state index contributed by atoms with van der Waals surface area (Å²) in [6.07, 6.45) is -1.02. The molecule has 0 radical (unpaired) electrons. The Labute approximate surface area is 98.0 Å². The van der Waals surface area contributed by atoms with Gasteiger partial charge < -0.3 is 5.32 Å². The number of alkyl halides is 3. The van der Waals surface area contributed by atoms with Crippen LogP contribution in [0.3, 0.4) is 0 Å². The first kappa shape index (κ1) is 12.4. The highest BCUT2D eigenvalue weighted by Gasteiger charge is 2.41. The van der Waals surface area contributed by atoms with Gasteiger partial charge in [0.25, 0.3) is 0 Å². The van der Waals surface area contributed by atoms with Gasteiger partial charge >= 0.3 is 6.18 Å². The van der Waals surface area contributed by atoms with Gasteiger partial charge in [-0.05, 0) is 32.7 Å². The van der Waals surface area contributed by atoms with Crippen molar-refractivity contribution in [2.75, 3.05) is 7.05 Å². The molecule has 1 N–H and O–H groups in total. The molecular weight excluding hydrogens is 231 g/mol. The maximum atomic E-state index is 13.0. The van der Waals surface area contributed by atoms with E-state index in [1.807, 2.05) is 6.92 Å². The zero-order chi connectivity index (χ0) is 12.6. The largest absolute Gasteiger partial charge is 0.433 e. The van der Waals surface area contributed by atoms with Crippen molar-refractivity contribution in [3.05, 3.63) is 17.5 Å². The highest BCUT2D eigenvalue weighted by molar-refractivity contribution is 5.21. The summed E-state index contributed by atoms with van der Waals surface area (Å²) in [6.45, 7) is 2.00. The molecule has 1 heterocycles. The van der Waals surface area contributed by atoms with Crippen molar-refractivity contribution in [1.82, 2.24) is 15.1 Å². The van der Waals surface area contributed by atoms with Crippen LogP contribution >= 0.6 is 0 Å². The minimum Gasteiger partial charge on any atom is -0.316 e. The third kappa shape index (κ3) is 2.46. The highest BCUT2D eigenvalue weighted by atomic mass is 19.4. The fourth-order valence-corrected chi connectivity index (χ4v) is 2.12. The second-order valence-corrected chi connectivity index (χ2v) is 4.57. The lowest BCUT2D eigenvalue weighted by atomic mass is 10.2. The molecule has 0 aliphatic heterocycles. The zero-order valence-electron chi connectivity index (χ0n) is 9.88. The average molecular weight is 247 g/mol. The lowest BCUT2D eigenvalue weighted by Crippen LogP contribution is -2.21. The predicted molar refractivity (Wildman–Crippen MR) is 57.4 cm³/mol. The van der Waals surface area contributed by atoms with Gasteiger partial charge in [-0.3, -0.25) is 4.68 Å². The monoisotopic (exact) mass is 247 g/mol. The normalized spacial score (nSPS) is 18.4. The molecule has 3 nitrogen and oxygen atoms in total. The van der Waals surface area contributed by atoms with Crippen LogP contribution in [0.25, 0.3) is 0 Å². The van der Waals surface area contributed by atoms with Gasteiger partial charge in [0.1, 0.15) is 5.69 Å². The predicted octanol–water partition coefficient (Wildman–Crippen LogP) is 2.59. The van der Waals surface area contributed by atoms with Gasteiger partial charge in [0.05, 0.1) is 12.2 Å². The maximum Gasteiger partial charge on any atom is 0.433 e. The van der Waals surface area contributed by atoms with Gasteiger partial charge in [-0.1, -0.05) is 0 Å². The summed E-state index contributed by atoms with van der Waals surface area (Å²) in [4.78, 5) is 0. The van der Waals surface area contributed by atoms with Crippen LogP contribution in [0, 0.1) is 5.92 Å². The van der Waals surface area contributed by atoms with Crippen LogP contribution in [0.2, 0.25) is 0 Å². The Morgan fingerprint density at radius 1 is 1.53 bits per heavy atom. The van der Waals surface area contributed by atoms with Gasteiger partial charge in [0, 0.05) is 12.1 Å². The molecule has 1 atom stereocenters. The molecule has 1 aliphatic carbocycles. The molecule has 1 aromatic rings. The molecule has 0 spiro atoms. The first-order valence-corrected chi connectivity index (χ1v) is 5.73. The second kappa shape index (κ2) is 4.33. The lowest BCUT2D eigenvalue weighted by molar-refractivity contribution is -0.145. The molecule has 1 fully saturated rings. The highest BCUT2D eigenvalue weighted by Crippen LogP contribution is 2.42.